The number of ketones is 1. The fourth-order valence-electron chi connectivity index (χ4n) is 1.03. The molecular weight excluding hydrogens is 253 g/mol. The predicted octanol–water partition coefficient (Wildman–Crippen LogP) is -1.12. The first-order valence-electron chi connectivity index (χ1n) is 4.78. The third-order valence-corrected chi connectivity index (χ3v) is 1.97. The van der Waals surface area contributed by atoms with E-state index in [2.05, 4.69) is 9.72 Å². The van der Waals surface area contributed by atoms with Crippen molar-refractivity contribution in [2.45, 2.75) is 6.92 Å². The number of pyridine rings is 1. The topological polar surface area (TPSA) is 76.5 Å². The van der Waals surface area contributed by atoms with Crippen molar-refractivity contribution < 1.29 is 39.7 Å². The summed E-state index contributed by atoms with van der Waals surface area (Å²) in [6, 6.07) is 2.82. The summed E-state index contributed by atoms with van der Waals surface area (Å²) in [5, 5.41) is 9.75. The van der Waals surface area contributed by atoms with Crippen LogP contribution in [0.4, 0.5) is 0 Å². The molecule has 0 fully saturated rings. The number of rotatable bonds is 4. The van der Waals surface area contributed by atoms with E-state index in [1.807, 2.05) is 0 Å². The molecule has 0 aromatic carbocycles. The summed E-state index contributed by atoms with van der Waals surface area (Å²) in [4.78, 5) is 26.0. The number of esters is 1. The number of aliphatic hydroxyl groups is 1. The number of hydrogen-bond acceptors (Lipinski definition) is 5. The Labute approximate surface area is 122 Å². The van der Waals surface area contributed by atoms with Crippen LogP contribution in [0.5, 0.6) is 0 Å². The Hall–Kier alpha value is -1.28. The molecule has 1 aromatic rings. The molecule has 0 spiro atoms. The maximum Gasteiger partial charge on any atom is 1.00 e. The van der Waals surface area contributed by atoms with Crippen LogP contribution in [-0.2, 0) is 14.3 Å². The molecule has 5 nitrogen and oxygen atoms in total. The second-order valence-corrected chi connectivity index (χ2v) is 3.37. The van der Waals surface area contributed by atoms with Gasteiger partial charge >= 0.3 is 24.8 Å². The number of halogens is 1. The van der Waals surface area contributed by atoms with Crippen molar-refractivity contribution in [1.29, 1.82) is 0 Å². The molecule has 1 heterocycles. The molecule has 0 bridgehead atoms. The van der Waals surface area contributed by atoms with Gasteiger partial charge < -0.3 is 11.3 Å². The van der Waals surface area contributed by atoms with Crippen LogP contribution in [0.1, 0.15) is 13.9 Å². The van der Waals surface area contributed by atoms with Crippen LogP contribution in [0.2, 0.25) is 5.15 Å². The first-order chi connectivity index (χ1) is 8.04. The van der Waals surface area contributed by atoms with E-state index in [1.165, 1.54) is 18.3 Å². The van der Waals surface area contributed by atoms with Crippen molar-refractivity contribution in [2.24, 2.45) is 0 Å². The minimum atomic E-state index is -1.01. The third-order valence-electron chi connectivity index (χ3n) is 1.77. The van der Waals surface area contributed by atoms with Gasteiger partial charge in [0.05, 0.1) is 6.61 Å². The van der Waals surface area contributed by atoms with Crippen molar-refractivity contribution in [3.8, 4) is 0 Å². The zero-order valence-corrected chi connectivity index (χ0v) is 10.8. The number of carbonyl (C=O) groups excluding carboxylic acids is 2. The van der Waals surface area contributed by atoms with Crippen molar-refractivity contribution in [3.63, 3.8) is 0 Å². The van der Waals surface area contributed by atoms with Gasteiger partial charge in [0, 0.05) is 17.8 Å². The van der Waals surface area contributed by atoms with E-state index >= 15 is 0 Å². The fraction of sp³-hybridized carbons (Fsp3) is 0.182. The SMILES string of the molecule is CCOC(=O)C(=O)C=C(O)c1ccnc(Cl)c1.[H-].[Li+]. The Kier molecular flexibility index (Phi) is 7.37. The molecule has 18 heavy (non-hydrogen) atoms. The van der Waals surface area contributed by atoms with Gasteiger partial charge in [-0.25, -0.2) is 9.78 Å². The predicted molar refractivity (Wildman–Crippen MR) is 62.6 cm³/mol. The Morgan fingerprint density at radius 2 is 2.28 bits per heavy atom. The van der Waals surface area contributed by atoms with Gasteiger partial charge in [-0.2, -0.15) is 0 Å². The molecule has 1 rings (SSSR count). The zero-order chi connectivity index (χ0) is 12.8. The van der Waals surface area contributed by atoms with E-state index in [0.717, 1.165) is 6.08 Å². The van der Waals surface area contributed by atoms with Crippen molar-refractivity contribution >= 4 is 29.1 Å². The molecule has 0 amide bonds. The van der Waals surface area contributed by atoms with Gasteiger partial charge in [-0.05, 0) is 19.1 Å². The molecule has 7 heteroatoms. The molecule has 0 aliphatic rings. The number of aromatic nitrogens is 1. The van der Waals surface area contributed by atoms with Gasteiger partial charge in [-0.15, -0.1) is 0 Å². The summed E-state index contributed by atoms with van der Waals surface area (Å²) >= 11 is 5.61. The summed E-state index contributed by atoms with van der Waals surface area (Å²) in [5.74, 6) is -2.32. The van der Waals surface area contributed by atoms with Gasteiger partial charge in [0.15, 0.2) is 0 Å². The molecular formula is C11H11ClLiNO4. The van der Waals surface area contributed by atoms with Crippen LogP contribution in [0.15, 0.2) is 24.4 Å². The number of hydrogen-bond donors (Lipinski definition) is 1. The first kappa shape index (κ1) is 16.7. The van der Waals surface area contributed by atoms with Crippen LogP contribution >= 0.6 is 11.6 Å². The molecule has 0 saturated carbocycles. The van der Waals surface area contributed by atoms with Crippen LogP contribution in [-0.4, -0.2) is 28.4 Å². The summed E-state index contributed by atoms with van der Waals surface area (Å²) in [6.45, 7) is 1.68. The molecule has 0 atom stereocenters. The molecule has 0 saturated heterocycles. The van der Waals surface area contributed by atoms with E-state index in [-0.39, 0.29) is 37.8 Å². The van der Waals surface area contributed by atoms with E-state index in [4.69, 9.17) is 11.6 Å². The summed E-state index contributed by atoms with van der Waals surface area (Å²) in [7, 11) is 0. The molecule has 0 radical (unpaired) electrons. The molecule has 1 aromatic heterocycles. The Morgan fingerprint density at radius 3 is 2.83 bits per heavy atom. The van der Waals surface area contributed by atoms with E-state index in [0.29, 0.717) is 5.56 Å². The molecule has 0 aliphatic heterocycles. The number of nitrogens with zero attached hydrogens (tertiary/aromatic N) is 1. The Bertz CT molecular complexity index is 482. The van der Waals surface area contributed by atoms with Gasteiger partial charge in [0.25, 0.3) is 5.78 Å². The Balaban J connectivity index is 0. The average molecular weight is 264 g/mol. The fourth-order valence-corrected chi connectivity index (χ4v) is 1.20. The van der Waals surface area contributed by atoms with E-state index in [9.17, 15) is 14.7 Å². The standard InChI is InChI=1S/C11H10ClNO4.Li.H/c1-2-17-11(16)9(15)6-8(14)7-3-4-13-10(12)5-7;;/h3-6,14H,2H2,1H3;;/q;+1;-1. The minimum Gasteiger partial charge on any atom is -1.00 e. The van der Waals surface area contributed by atoms with E-state index in [1.54, 1.807) is 6.92 Å². The second-order valence-electron chi connectivity index (χ2n) is 2.98. The van der Waals surface area contributed by atoms with Gasteiger partial charge in [0.1, 0.15) is 10.9 Å². The average Bonchev–Trinajstić information content (AvgIpc) is 2.29. The van der Waals surface area contributed by atoms with E-state index < -0.39 is 11.8 Å². The van der Waals surface area contributed by atoms with Gasteiger partial charge in [-0.3, -0.25) is 4.79 Å². The number of ether oxygens (including phenoxy) is 1. The van der Waals surface area contributed by atoms with Crippen LogP contribution in [0.25, 0.3) is 5.76 Å². The van der Waals surface area contributed by atoms with Gasteiger partial charge in [0.2, 0.25) is 0 Å². The molecule has 1 N–H and O–H groups in total. The van der Waals surface area contributed by atoms with Crippen LogP contribution in [0.3, 0.4) is 0 Å². The molecule has 0 unspecified atom stereocenters. The quantitative estimate of drug-likeness (QED) is 0.186. The maximum absolute atomic E-state index is 11.2. The van der Waals surface area contributed by atoms with Crippen molar-refractivity contribution in [3.05, 3.63) is 35.1 Å². The maximum atomic E-state index is 11.2. The monoisotopic (exact) mass is 263 g/mol. The van der Waals surface area contributed by atoms with Crippen LogP contribution in [0, 0.1) is 0 Å². The van der Waals surface area contributed by atoms with Crippen molar-refractivity contribution in [2.75, 3.05) is 6.61 Å². The normalized spacial score (nSPS) is 10.4. The van der Waals surface area contributed by atoms with Crippen molar-refractivity contribution in [1.82, 2.24) is 4.98 Å². The zero-order valence-electron chi connectivity index (χ0n) is 11.0. The smallest absolute Gasteiger partial charge is 1.00 e. The summed E-state index contributed by atoms with van der Waals surface area (Å²) < 4.78 is 4.48. The third kappa shape index (κ3) is 4.92. The summed E-state index contributed by atoms with van der Waals surface area (Å²) in [6.07, 6.45) is 2.15. The first-order valence-corrected chi connectivity index (χ1v) is 5.16. The number of aliphatic hydroxyl groups excluding tert-OH is 1. The largest absolute Gasteiger partial charge is 1.00 e. The molecule has 0 aliphatic carbocycles. The molecule has 92 valence electrons. The minimum absolute atomic E-state index is 0. The second kappa shape index (κ2) is 7.93. The number of carbonyl (C=O) groups is 2. The van der Waals surface area contributed by atoms with Gasteiger partial charge in [-0.1, -0.05) is 11.6 Å². The van der Waals surface area contributed by atoms with Crippen LogP contribution < -0.4 is 18.9 Å². The summed E-state index contributed by atoms with van der Waals surface area (Å²) in [5.41, 5.74) is 0.294. The Morgan fingerprint density at radius 1 is 1.61 bits per heavy atom.